The summed E-state index contributed by atoms with van der Waals surface area (Å²) in [7, 11) is 0. The number of unbranched alkanes of at least 4 members (excludes halogenated alkanes) is 9. The maximum atomic E-state index is 11.3. The molecule has 0 aromatic heterocycles. The number of esters is 1. The topological polar surface area (TPSA) is 66.8 Å². The first kappa shape index (κ1) is 24.1. The summed E-state index contributed by atoms with van der Waals surface area (Å²) in [6.07, 6.45) is 18.3. The van der Waals surface area contributed by atoms with Crippen molar-refractivity contribution in [2.24, 2.45) is 0 Å². The molecule has 0 saturated carbocycles. The Bertz CT molecular complexity index is 315. The van der Waals surface area contributed by atoms with Gasteiger partial charge in [0, 0.05) is 19.4 Å². The highest BCUT2D eigenvalue weighted by atomic mass is 16.5. The van der Waals surface area contributed by atoms with E-state index in [-0.39, 0.29) is 18.7 Å². The maximum Gasteiger partial charge on any atom is 0.305 e. The van der Waals surface area contributed by atoms with E-state index in [1.807, 2.05) is 6.08 Å². The number of aliphatic hydroxyl groups is 2. The quantitative estimate of drug-likeness (QED) is 0.208. The molecule has 0 aromatic rings. The zero-order valence-corrected chi connectivity index (χ0v) is 16.3. The molecule has 0 spiro atoms. The van der Waals surface area contributed by atoms with Gasteiger partial charge in [-0.05, 0) is 25.7 Å². The molecule has 0 amide bonds. The van der Waals surface area contributed by atoms with Crippen LogP contribution in [0, 0.1) is 0 Å². The van der Waals surface area contributed by atoms with E-state index in [4.69, 9.17) is 9.84 Å². The summed E-state index contributed by atoms with van der Waals surface area (Å²) < 4.78 is 4.98. The van der Waals surface area contributed by atoms with Crippen LogP contribution in [-0.2, 0) is 9.53 Å². The van der Waals surface area contributed by atoms with Crippen LogP contribution in [0.15, 0.2) is 12.2 Å². The van der Waals surface area contributed by atoms with Gasteiger partial charge in [-0.3, -0.25) is 4.79 Å². The van der Waals surface area contributed by atoms with Gasteiger partial charge in [0.2, 0.25) is 0 Å². The molecular formula is C21H40O4. The second-order valence-electron chi connectivity index (χ2n) is 6.80. The lowest BCUT2D eigenvalue weighted by molar-refractivity contribution is -0.144. The minimum atomic E-state index is -0.279. The Kier molecular flexibility index (Phi) is 18.8. The third kappa shape index (κ3) is 19.3. The number of hydrogen-bond acceptors (Lipinski definition) is 4. The molecule has 0 heterocycles. The lowest BCUT2D eigenvalue weighted by Gasteiger charge is -2.05. The molecule has 25 heavy (non-hydrogen) atoms. The molecule has 0 radical (unpaired) electrons. The smallest absolute Gasteiger partial charge is 0.305 e. The summed E-state index contributed by atoms with van der Waals surface area (Å²) in [5.74, 6) is -0.153. The van der Waals surface area contributed by atoms with E-state index in [1.54, 1.807) is 0 Å². The van der Waals surface area contributed by atoms with Crippen molar-refractivity contribution < 1.29 is 19.7 Å². The Hall–Kier alpha value is -0.870. The highest BCUT2D eigenvalue weighted by Crippen LogP contribution is 2.10. The van der Waals surface area contributed by atoms with Crippen LogP contribution in [0.1, 0.15) is 96.8 Å². The Morgan fingerprint density at radius 3 is 2.40 bits per heavy atom. The predicted octanol–water partition coefficient (Wildman–Crippen LogP) is 4.92. The fraction of sp³-hybridized carbons (Fsp3) is 0.857. The Balaban J connectivity index is 3.32. The molecule has 0 saturated heterocycles. The van der Waals surface area contributed by atoms with Gasteiger partial charge < -0.3 is 14.9 Å². The molecule has 0 aliphatic heterocycles. The fourth-order valence-electron chi connectivity index (χ4n) is 2.69. The first-order valence-electron chi connectivity index (χ1n) is 10.3. The minimum Gasteiger partial charge on any atom is -0.466 e. The summed E-state index contributed by atoms with van der Waals surface area (Å²) in [6.45, 7) is 2.61. The molecule has 0 aliphatic carbocycles. The lowest BCUT2D eigenvalue weighted by Crippen LogP contribution is -2.06. The Morgan fingerprint density at radius 1 is 0.960 bits per heavy atom. The molecule has 2 N–H and O–H groups in total. The van der Waals surface area contributed by atoms with Crippen molar-refractivity contribution in [2.75, 3.05) is 13.2 Å². The van der Waals surface area contributed by atoms with Crippen molar-refractivity contribution in [2.45, 2.75) is 103 Å². The lowest BCUT2D eigenvalue weighted by atomic mass is 10.1. The normalized spacial score (nSPS) is 12.6. The molecule has 0 bridgehead atoms. The molecular weight excluding hydrogens is 316 g/mol. The fourth-order valence-corrected chi connectivity index (χ4v) is 2.69. The van der Waals surface area contributed by atoms with E-state index in [0.29, 0.717) is 19.4 Å². The molecule has 4 heteroatoms. The zero-order chi connectivity index (χ0) is 18.6. The summed E-state index contributed by atoms with van der Waals surface area (Å²) in [5, 5.41) is 18.5. The molecule has 0 aromatic carbocycles. The molecule has 0 aliphatic rings. The standard InChI is InChI=1S/C21H40O4/c1-2-3-4-8-11-15-20(23)16-12-9-6-5-7-10-13-17-21(24)25-19-14-18-22/h12,16,20,22-23H,2-11,13-15,17-19H2,1H3/b16-12-. The van der Waals surface area contributed by atoms with Gasteiger partial charge in [0.15, 0.2) is 0 Å². The van der Waals surface area contributed by atoms with Crippen molar-refractivity contribution in [3.8, 4) is 0 Å². The van der Waals surface area contributed by atoms with E-state index in [1.165, 1.54) is 25.7 Å². The molecule has 0 fully saturated rings. The third-order valence-corrected chi connectivity index (χ3v) is 4.28. The molecule has 1 atom stereocenters. The summed E-state index contributed by atoms with van der Waals surface area (Å²) in [6, 6.07) is 0. The van der Waals surface area contributed by atoms with Crippen molar-refractivity contribution in [3.05, 3.63) is 12.2 Å². The van der Waals surface area contributed by atoms with Gasteiger partial charge >= 0.3 is 5.97 Å². The highest BCUT2D eigenvalue weighted by Gasteiger charge is 2.02. The summed E-state index contributed by atoms with van der Waals surface area (Å²) in [5.41, 5.74) is 0. The zero-order valence-electron chi connectivity index (χ0n) is 16.3. The molecule has 0 rings (SSSR count). The van der Waals surface area contributed by atoms with Gasteiger partial charge in [-0.2, -0.15) is 0 Å². The third-order valence-electron chi connectivity index (χ3n) is 4.28. The van der Waals surface area contributed by atoms with E-state index in [9.17, 15) is 9.90 Å². The molecule has 1 unspecified atom stereocenters. The maximum absolute atomic E-state index is 11.3. The first-order valence-corrected chi connectivity index (χ1v) is 10.3. The Labute approximate surface area is 154 Å². The van der Waals surface area contributed by atoms with Gasteiger partial charge in [-0.1, -0.05) is 70.4 Å². The minimum absolute atomic E-state index is 0.0672. The van der Waals surface area contributed by atoms with Crippen LogP contribution >= 0.6 is 0 Å². The molecule has 148 valence electrons. The number of aliphatic hydroxyl groups excluding tert-OH is 2. The van der Waals surface area contributed by atoms with Gasteiger partial charge in [0.1, 0.15) is 0 Å². The van der Waals surface area contributed by atoms with Crippen molar-refractivity contribution >= 4 is 5.97 Å². The van der Waals surface area contributed by atoms with Crippen LogP contribution in [0.2, 0.25) is 0 Å². The van der Waals surface area contributed by atoms with Gasteiger partial charge in [0.25, 0.3) is 0 Å². The van der Waals surface area contributed by atoms with E-state index >= 15 is 0 Å². The Morgan fingerprint density at radius 2 is 1.64 bits per heavy atom. The second-order valence-corrected chi connectivity index (χ2v) is 6.80. The number of hydrogen-bond donors (Lipinski definition) is 2. The van der Waals surface area contributed by atoms with E-state index in [0.717, 1.165) is 51.4 Å². The number of carbonyl (C=O) groups is 1. The van der Waals surface area contributed by atoms with Crippen LogP contribution in [0.3, 0.4) is 0 Å². The monoisotopic (exact) mass is 356 g/mol. The SMILES string of the molecule is CCCCCCCC(O)/C=C\CCCCCCCC(=O)OCCCO. The van der Waals surface area contributed by atoms with Crippen molar-refractivity contribution in [1.82, 2.24) is 0 Å². The predicted molar refractivity (Wildman–Crippen MR) is 104 cm³/mol. The highest BCUT2D eigenvalue weighted by molar-refractivity contribution is 5.69. The number of ether oxygens (including phenoxy) is 1. The second kappa shape index (κ2) is 19.5. The number of rotatable bonds is 18. The molecule has 4 nitrogen and oxygen atoms in total. The van der Waals surface area contributed by atoms with Gasteiger partial charge in [-0.15, -0.1) is 0 Å². The van der Waals surface area contributed by atoms with Crippen molar-refractivity contribution in [1.29, 1.82) is 0 Å². The summed E-state index contributed by atoms with van der Waals surface area (Å²) in [4.78, 5) is 11.3. The number of allylic oxidation sites excluding steroid dienone is 1. The van der Waals surface area contributed by atoms with E-state index in [2.05, 4.69) is 13.0 Å². The summed E-state index contributed by atoms with van der Waals surface area (Å²) >= 11 is 0. The van der Waals surface area contributed by atoms with Crippen molar-refractivity contribution in [3.63, 3.8) is 0 Å². The average molecular weight is 357 g/mol. The van der Waals surface area contributed by atoms with Crippen LogP contribution in [0.25, 0.3) is 0 Å². The van der Waals surface area contributed by atoms with Crippen LogP contribution < -0.4 is 0 Å². The van der Waals surface area contributed by atoms with Gasteiger partial charge in [0.05, 0.1) is 12.7 Å². The largest absolute Gasteiger partial charge is 0.466 e. The van der Waals surface area contributed by atoms with Gasteiger partial charge in [-0.25, -0.2) is 0 Å². The van der Waals surface area contributed by atoms with Crippen LogP contribution in [0.4, 0.5) is 0 Å². The van der Waals surface area contributed by atoms with Crippen LogP contribution in [-0.4, -0.2) is 35.5 Å². The average Bonchev–Trinajstić information content (AvgIpc) is 2.60. The van der Waals surface area contributed by atoms with E-state index < -0.39 is 0 Å². The van der Waals surface area contributed by atoms with Crippen LogP contribution in [0.5, 0.6) is 0 Å². The number of carbonyl (C=O) groups excluding carboxylic acids is 1. The first-order chi connectivity index (χ1) is 12.2.